The van der Waals surface area contributed by atoms with Crippen LogP contribution in [-0.4, -0.2) is 27.0 Å². The Morgan fingerprint density at radius 3 is 2.58 bits per heavy atom. The Morgan fingerprint density at radius 2 is 1.85 bits per heavy atom. The molecule has 0 radical (unpaired) electrons. The Balaban J connectivity index is 1.66. The molecule has 0 N–H and O–H groups in total. The van der Waals surface area contributed by atoms with Crippen molar-refractivity contribution in [2.75, 3.05) is 17.6 Å². The number of alkyl halides is 2. The number of benzene rings is 1. The van der Waals surface area contributed by atoms with Crippen molar-refractivity contribution in [3.8, 4) is 5.75 Å². The Kier molecular flexibility index (Phi) is 9.08. The van der Waals surface area contributed by atoms with E-state index < -0.39 is 3.42 Å². The lowest BCUT2D eigenvalue weighted by Crippen LogP contribution is -2.32. The van der Waals surface area contributed by atoms with Gasteiger partial charge < -0.3 is 9.47 Å². The number of carbonyl (C=O) groups is 1. The summed E-state index contributed by atoms with van der Waals surface area (Å²) in [5, 5.41) is 0.987. The molecule has 4 nitrogen and oxygen atoms in total. The summed E-state index contributed by atoms with van der Waals surface area (Å²) in [4.78, 5) is 23.6. The van der Waals surface area contributed by atoms with Crippen LogP contribution in [0.3, 0.4) is 0 Å². The fraction of sp³-hybridized carbons (Fsp3) is 0.474. The molecule has 0 amide bonds. The van der Waals surface area contributed by atoms with Crippen molar-refractivity contribution in [1.29, 1.82) is 0 Å². The van der Waals surface area contributed by atoms with Crippen molar-refractivity contribution >= 4 is 72.6 Å². The summed E-state index contributed by atoms with van der Waals surface area (Å²) in [6.07, 6.45) is 3.76. The number of halogens is 2. The zero-order valence-electron chi connectivity index (χ0n) is 14.6. The van der Waals surface area contributed by atoms with E-state index in [1.165, 1.54) is 11.3 Å². The largest absolute Gasteiger partial charge is 0.493 e. The van der Waals surface area contributed by atoms with Gasteiger partial charge in [-0.2, -0.15) is 0 Å². The van der Waals surface area contributed by atoms with Crippen LogP contribution in [0.15, 0.2) is 35.1 Å². The molecule has 0 aliphatic heterocycles. The van der Waals surface area contributed by atoms with Gasteiger partial charge in [-0.25, -0.2) is 0 Å². The molecule has 2 aromatic rings. The van der Waals surface area contributed by atoms with Crippen molar-refractivity contribution in [1.82, 2.24) is 0 Å². The second kappa shape index (κ2) is 10.8. The van der Waals surface area contributed by atoms with Crippen LogP contribution < -0.4 is 9.48 Å². The average molecular weight is 600 g/mol. The van der Waals surface area contributed by atoms with E-state index in [9.17, 15) is 9.59 Å². The number of ether oxygens (including phenoxy) is 2. The summed E-state index contributed by atoms with van der Waals surface area (Å²) < 4.78 is 12.4. The molecular formula is C19H22I2O4S. The van der Waals surface area contributed by atoms with Gasteiger partial charge in [-0.15, -0.1) is 0 Å². The first-order valence-electron chi connectivity index (χ1n) is 8.52. The summed E-state index contributed by atoms with van der Waals surface area (Å²) in [6.45, 7) is 2.94. The number of esters is 1. The van der Waals surface area contributed by atoms with Gasteiger partial charge in [0.1, 0.15) is 9.17 Å². The van der Waals surface area contributed by atoms with Crippen LogP contribution in [0.5, 0.6) is 5.75 Å². The Hall–Kier alpha value is -0.420. The first-order valence-corrected chi connectivity index (χ1v) is 11.9. The maximum absolute atomic E-state index is 11.8. The lowest BCUT2D eigenvalue weighted by Gasteiger charge is -2.17. The molecule has 26 heavy (non-hydrogen) atoms. The van der Waals surface area contributed by atoms with Crippen molar-refractivity contribution in [2.45, 2.75) is 36.0 Å². The molecule has 1 heterocycles. The summed E-state index contributed by atoms with van der Waals surface area (Å²) in [5.74, 6) is 0.527. The third-order valence-corrected chi connectivity index (χ3v) is 8.52. The van der Waals surface area contributed by atoms with Crippen LogP contribution in [0.25, 0.3) is 10.1 Å². The number of rotatable bonds is 10. The van der Waals surface area contributed by atoms with Gasteiger partial charge in [0.15, 0.2) is 0 Å². The third-order valence-electron chi connectivity index (χ3n) is 3.82. The molecule has 1 unspecified atom stereocenters. The molecule has 0 saturated carbocycles. The number of unbranched alkanes of at least 4 members (excludes halogenated alkanes) is 3. The molecule has 2 rings (SSSR count). The zero-order chi connectivity index (χ0) is 19.0. The first-order chi connectivity index (χ1) is 12.4. The molecule has 0 spiro atoms. The zero-order valence-corrected chi connectivity index (χ0v) is 19.8. The number of carbonyl (C=O) groups excluding carboxylic acids is 1. The van der Waals surface area contributed by atoms with E-state index >= 15 is 0 Å². The highest BCUT2D eigenvalue weighted by Crippen LogP contribution is 2.26. The molecule has 7 heteroatoms. The molecule has 0 bridgehead atoms. The van der Waals surface area contributed by atoms with Crippen LogP contribution in [0.4, 0.5) is 0 Å². The lowest BCUT2D eigenvalue weighted by molar-refractivity contribution is -0.144. The van der Waals surface area contributed by atoms with Gasteiger partial charge in [0.25, 0.3) is 0 Å². The normalized spacial score (nSPS) is 13.3. The molecule has 1 atom stereocenters. The maximum Gasteiger partial charge on any atom is 0.322 e. The SMILES string of the molecule is CC(I)(CI)C(=O)OCCCCCCOc1cc(=O)sc2ccccc12. The van der Waals surface area contributed by atoms with E-state index in [-0.39, 0.29) is 10.7 Å². The van der Waals surface area contributed by atoms with Gasteiger partial charge >= 0.3 is 5.97 Å². The van der Waals surface area contributed by atoms with Gasteiger partial charge in [-0.3, -0.25) is 9.59 Å². The average Bonchev–Trinajstić information content (AvgIpc) is 2.63. The second-order valence-electron chi connectivity index (χ2n) is 6.16. The Labute approximate surface area is 184 Å². The molecule has 142 valence electrons. The fourth-order valence-corrected chi connectivity index (χ4v) is 3.59. The summed E-state index contributed by atoms with van der Waals surface area (Å²) in [5.41, 5.74) is 0. The maximum atomic E-state index is 11.8. The van der Waals surface area contributed by atoms with Crippen LogP contribution in [0, 0.1) is 0 Å². The molecule has 0 aliphatic carbocycles. The van der Waals surface area contributed by atoms with E-state index in [4.69, 9.17) is 9.47 Å². The van der Waals surface area contributed by atoms with E-state index in [1.807, 2.05) is 31.2 Å². The minimum Gasteiger partial charge on any atom is -0.493 e. The molecular weight excluding hydrogens is 578 g/mol. The molecule has 0 fully saturated rings. The molecule has 0 aliphatic rings. The Morgan fingerprint density at radius 1 is 1.15 bits per heavy atom. The third kappa shape index (κ3) is 6.63. The van der Waals surface area contributed by atoms with Crippen LogP contribution in [0.2, 0.25) is 0 Å². The first kappa shape index (κ1) is 21.9. The molecule has 0 saturated heterocycles. The molecule has 1 aromatic heterocycles. The topological polar surface area (TPSA) is 52.6 Å². The summed E-state index contributed by atoms with van der Waals surface area (Å²) in [6, 6.07) is 9.36. The minimum absolute atomic E-state index is 0.00859. The van der Waals surface area contributed by atoms with Crippen molar-refractivity contribution in [3.63, 3.8) is 0 Å². The minimum atomic E-state index is -0.439. The predicted molar refractivity (Wildman–Crippen MR) is 124 cm³/mol. The highest BCUT2D eigenvalue weighted by Gasteiger charge is 2.29. The Bertz CT molecular complexity index is 788. The quantitative estimate of drug-likeness (QED) is 0.159. The van der Waals surface area contributed by atoms with Crippen LogP contribution in [-0.2, 0) is 9.53 Å². The number of hydrogen-bond donors (Lipinski definition) is 0. The van der Waals surface area contributed by atoms with Crippen molar-refractivity contribution in [2.24, 2.45) is 0 Å². The van der Waals surface area contributed by atoms with Gasteiger partial charge in [-0.1, -0.05) is 68.7 Å². The number of fused-ring (bicyclic) bond motifs is 1. The van der Waals surface area contributed by atoms with E-state index in [0.29, 0.717) is 19.0 Å². The van der Waals surface area contributed by atoms with Gasteiger partial charge in [0, 0.05) is 20.6 Å². The van der Waals surface area contributed by atoms with Gasteiger partial charge in [0.05, 0.1) is 13.2 Å². The number of hydrogen-bond acceptors (Lipinski definition) is 5. The highest BCUT2D eigenvalue weighted by molar-refractivity contribution is 14.1. The fourth-order valence-electron chi connectivity index (χ4n) is 2.31. The standard InChI is InChI=1S/C19H22I2O4S/c1-19(21,13-20)18(23)25-11-7-3-2-6-10-24-15-12-17(22)26-16-9-5-4-8-14(15)16/h4-5,8-9,12H,2-3,6-7,10-11,13H2,1H3. The highest BCUT2D eigenvalue weighted by atomic mass is 127. The lowest BCUT2D eigenvalue weighted by atomic mass is 10.2. The summed E-state index contributed by atoms with van der Waals surface area (Å²) >= 11 is 5.57. The smallest absolute Gasteiger partial charge is 0.322 e. The van der Waals surface area contributed by atoms with E-state index in [2.05, 4.69) is 45.2 Å². The van der Waals surface area contributed by atoms with Crippen molar-refractivity contribution in [3.05, 3.63) is 39.9 Å². The summed E-state index contributed by atoms with van der Waals surface area (Å²) in [7, 11) is 0. The monoisotopic (exact) mass is 600 g/mol. The van der Waals surface area contributed by atoms with E-state index in [1.54, 1.807) is 6.07 Å². The second-order valence-corrected chi connectivity index (χ2v) is 10.3. The van der Waals surface area contributed by atoms with Gasteiger partial charge in [-0.05, 0) is 44.7 Å². The van der Waals surface area contributed by atoms with Crippen LogP contribution in [0.1, 0.15) is 32.6 Å². The molecule has 1 aromatic carbocycles. The predicted octanol–water partition coefficient (Wildman–Crippen LogP) is 5.37. The van der Waals surface area contributed by atoms with Crippen molar-refractivity contribution < 1.29 is 14.3 Å². The van der Waals surface area contributed by atoms with E-state index in [0.717, 1.165) is 40.2 Å². The van der Waals surface area contributed by atoms with Crippen LogP contribution >= 0.6 is 56.5 Å². The van der Waals surface area contributed by atoms with Gasteiger partial charge in [0.2, 0.25) is 4.74 Å².